The number of benzene rings is 1. The average molecular weight is 345 g/mol. The lowest BCUT2D eigenvalue weighted by Crippen LogP contribution is -2.36. The molecule has 1 aromatic rings. The number of urea groups is 1. The number of halogens is 1. The van der Waals surface area contributed by atoms with E-state index in [1.807, 2.05) is 25.1 Å². The Hall–Kier alpha value is -1.27. The summed E-state index contributed by atoms with van der Waals surface area (Å²) in [7, 11) is 1.60. The number of hydrogen-bond donors (Lipinski definition) is 3. The monoisotopic (exact) mass is 344 g/mol. The van der Waals surface area contributed by atoms with Crippen LogP contribution in [0.4, 0.5) is 4.79 Å². The molecule has 0 aromatic heterocycles. The Morgan fingerprint density at radius 2 is 2.20 bits per heavy atom. The van der Waals surface area contributed by atoms with E-state index < -0.39 is 0 Å². The van der Waals surface area contributed by atoms with Crippen LogP contribution in [0, 0.1) is 0 Å². The summed E-state index contributed by atoms with van der Waals surface area (Å²) in [5.41, 5.74) is 0.894. The van der Waals surface area contributed by atoms with Crippen LogP contribution < -0.4 is 15.4 Å². The molecule has 0 spiro atoms. The van der Waals surface area contributed by atoms with E-state index >= 15 is 0 Å². The Balaban J connectivity index is 2.39. The Morgan fingerprint density at radius 3 is 2.85 bits per heavy atom. The molecule has 2 amide bonds. The number of methoxy groups -OCH3 is 1. The van der Waals surface area contributed by atoms with Gasteiger partial charge in [0.25, 0.3) is 0 Å². The highest BCUT2D eigenvalue weighted by Crippen LogP contribution is 2.22. The maximum Gasteiger partial charge on any atom is 0.315 e. The van der Waals surface area contributed by atoms with Crippen LogP contribution >= 0.6 is 15.9 Å². The van der Waals surface area contributed by atoms with E-state index in [4.69, 9.17) is 4.74 Å². The van der Waals surface area contributed by atoms with Crippen molar-refractivity contribution in [2.75, 3.05) is 13.7 Å². The van der Waals surface area contributed by atoms with Gasteiger partial charge in [-0.2, -0.15) is 0 Å². The van der Waals surface area contributed by atoms with Crippen LogP contribution in [0.15, 0.2) is 22.7 Å². The molecule has 0 aliphatic heterocycles. The Morgan fingerprint density at radius 1 is 1.45 bits per heavy atom. The molecule has 112 valence electrons. The summed E-state index contributed by atoms with van der Waals surface area (Å²) in [4.78, 5) is 11.6. The second-order valence-corrected chi connectivity index (χ2v) is 5.33. The van der Waals surface area contributed by atoms with E-state index in [9.17, 15) is 9.90 Å². The number of aliphatic hydroxyl groups excluding tert-OH is 1. The number of rotatable bonds is 7. The molecule has 0 aliphatic carbocycles. The summed E-state index contributed by atoms with van der Waals surface area (Å²) in [6.07, 6.45) is 0.892. The maximum atomic E-state index is 11.6. The topological polar surface area (TPSA) is 70.6 Å². The van der Waals surface area contributed by atoms with Crippen molar-refractivity contribution in [3.05, 3.63) is 28.2 Å². The second-order valence-electron chi connectivity index (χ2n) is 4.42. The van der Waals surface area contributed by atoms with Gasteiger partial charge in [-0.05, 0) is 31.0 Å². The standard InChI is InChI=1S/C14H21BrN2O3/c1-3-12(18)6-7-16-14(19)17-9-10-8-11(15)4-5-13(10)20-2/h4-5,8,12,18H,3,6-7,9H2,1-2H3,(H2,16,17,19). The van der Waals surface area contributed by atoms with Gasteiger partial charge < -0.3 is 20.5 Å². The highest BCUT2D eigenvalue weighted by molar-refractivity contribution is 9.10. The van der Waals surface area contributed by atoms with E-state index in [1.54, 1.807) is 7.11 Å². The number of aliphatic hydroxyl groups is 1. The molecular weight excluding hydrogens is 324 g/mol. The van der Waals surface area contributed by atoms with Crippen molar-refractivity contribution in [2.24, 2.45) is 0 Å². The molecule has 20 heavy (non-hydrogen) atoms. The number of ether oxygens (including phenoxy) is 1. The van der Waals surface area contributed by atoms with Crippen molar-refractivity contribution in [2.45, 2.75) is 32.4 Å². The summed E-state index contributed by atoms with van der Waals surface area (Å²) in [5, 5.41) is 14.9. The van der Waals surface area contributed by atoms with Gasteiger partial charge in [0.15, 0.2) is 0 Å². The molecule has 0 saturated carbocycles. The minimum atomic E-state index is -0.361. The van der Waals surface area contributed by atoms with E-state index in [1.165, 1.54) is 0 Å². The molecule has 5 nitrogen and oxygen atoms in total. The van der Waals surface area contributed by atoms with Gasteiger partial charge in [0.1, 0.15) is 5.75 Å². The predicted molar refractivity (Wildman–Crippen MR) is 81.8 cm³/mol. The summed E-state index contributed by atoms with van der Waals surface area (Å²) in [6.45, 7) is 2.74. The lowest BCUT2D eigenvalue weighted by molar-refractivity contribution is 0.160. The smallest absolute Gasteiger partial charge is 0.315 e. The molecule has 1 rings (SSSR count). The van der Waals surface area contributed by atoms with E-state index in [0.29, 0.717) is 25.9 Å². The van der Waals surface area contributed by atoms with Gasteiger partial charge >= 0.3 is 6.03 Å². The number of hydrogen-bond acceptors (Lipinski definition) is 3. The zero-order valence-electron chi connectivity index (χ0n) is 11.8. The Labute approximate surface area is 127 Å². The fourth-order valence-corrected chi connectivity index (χ4v) is 2.09. The molecule has 1 unspecified atom stereocenters. The lowest BCUT2D eigenvalue weighted by Gasteiger charge is -2.12. The summed E-state index contributed by atoms with van der Waals surface area (Å²) >= 11 is 3.39. The van der Waals surface area contributed by atoms with Crippen LogP contribution in [0.5, 0.6) is 5.75 Å². The van der Waals surface area contributed by atoms with Gasteiger partial charge in [-0.25, -0.2) is 4.79 Å². The molecule has 0 bridgehead atoms. The predicted octanol–water partition coefficient (Wildman–Crippen LogP) is 2.42. The molecular formula is C14H21BrN2O3. The molecule has 0 fully saturated rings. The van der Waals surface area contributed by atoms with Crippen molar-refractivity contribution in [1.29, 1.82) is 0 Å². The first-order chi connectivity index (χ1) is 9.56. The highest BCUT2D eigenvalue weighted by Gasteiger charge is 2.07. The van der Waals surface area contributed by atoms with Crippen LogP contribution in [0.2, 0.25) is 0 Å². The fraction of sp³-hybridized carbons (Fsp3) is 0.500. The third-order valence-electron chi connectivity index (χ3n) is 2.92. The molecule has 0 aliphatic rings. The van der Waals surface area contributed by atoms with Gasteiger partial charge in [0.05, 0.1) is 13.2 Å². The third kappa shape index (κ3) is 5.79. The van der Waals surface area contributed by atoms with Crippen molar-refractivity contribution in [3.63, 3.8) is 0 Å². The summed E-state index contributed by atoms with van der Waals surface area (Å²) < 4.78 is 6.17. The number of carbonyl (C=O) groups is 1. The number of nitrogens with one attached hydrogen (secondary N) is 2. The first kappa shape index (κ1) is 16.8. The first-order valence-corrected chi connectivity index (χ1v) is 7.38. The summed E-state index contributed by atoms with van der Waals surface area (Å²) in [6, 6.07) is 5.38. The summed E-state index contributed by atoms with van der Waals surface area (Å²) in [5.74, 6) is 0.731. The van der Waals surface area contributed by atoms with Crippen LogP contribution in [-0.2, 0) is 6.54 Å². The van der Waals surface area contributed by atoms with Gasteiger partial charge in [0.2, 0.25) is 0 Å². The minimum absolute atomic E-state index is 0.254. The van der Waals surface area contributed by atoms with Crippen molar-refractivity contribution in [1.82, 2.24) is 10.6 Å². The van der Waals surface area contributed by atoms with Gasteiger partial charge in [-0.3, -0.25) is 0 Å². The van der Waals surface area contributed by atoms with Crippen LogP contribution in [0.3, 0.4) is 0 Å². The first-order valence-electron chi connectivity index (χ1n) is 6.59. The number of carbonyl (C=O) groups excluding carboxylic acids is 1. The molecule has 1 aromatic carbocycles. The minimum Gasteiger partial charge on any atom is -0.496 e. The molecule has 3 N–H and O–H groups in total. The van der Waals surface area contributed by atoms with Gasteiger partial charge in [0, 0.05) is 23.1 Å². The van der Waals surface area contributed by atoms with Crippen LogP contribution in [0.25, 0.3) is 0 Å². The third-order valence-corrected chi connectivity index (χ3v) is 3.41. The molecule has 0 heterocycles. The molecule has 1 atom stereocenters. The van der Waals surface area contributed by atoms with Crippen LogP contribution in [-0.4, -0.2) is 30.9 Å². The van der Waals surface area contributed by atoms with Crippen molar-refractivity contribution in [3.8, 4) is 5.75 Å². The van der Waals surface area contributed by atoms with E-state index in [-0.39, 0.29) is 12.1 Å². The SMILES string of the molecule is CCC(O)CCNC(=O)NCc1cc(Br)ccc1OC. The van der Waals surface area contributed by atoms with Crippen molar-refractivity contribution >= 4 is 22.0 Å². The maximum absolute atomic E-state index is 11.6. The van der Waals surface area contributed by atoms with Gasteiger partial charge in [-0.15, -0.1) is 0 Å². The zero-order chi connectivity index (χ0) is 15.0. The van der Waals surface area contributed by atoms with Gasteiger partial charge in [-0.1, -0.05) is 22.9 Å². The lowest BCUT2D eigenvalue weighted by atomic mass is 10.2. The Kier molecular flexibility index (Phi) is 7.40. The normalized spacial score (nSPS) is 11.8. The second kappa shape index (κ2) is 8.81. The van der Waals surface area contributed by atoms with Crippen molar-refractivity contribution < 1.29 is 14.6 Å². The molecule has 6 heteroatoms. The quantitative estimate of drug-likeness (QED) is 0.711. The van der Waals surface area contributed by atoms with E-state index in [0.717, 1.165) is 15.8 Å². The molecule has 0 saturated heterocycles. The largest absolute Gasteiger partial charge is 0.496 e. The Bertz CT molecular complexity index is 440. The fourth-order valence-electron chi connectivity index (χ4n) is 1.68. The average Bonchev–Trinajstić information content (AvgIpc) is 2.45. The van der Waals surface area contributed by atoms with Crippen LogP contribution in [0.1, 0.15) is 25.3 Å². The van der Waals surface area contributed by atoms with E-state index in [2.05, 4.69) is 26.6 Å². The highest BCUT2D eigenvalue weighted by atomic mass is 79.9. The number of amides is 2. The molecule has 0 radical (unpaired) electrons. The zero-order valence-corrected chi connectivity index (χ0v) is 13.4.